The van der Waals surface area contributed by atoms with Crippen LogP contribution in [0.25, 0.3) is 0 Å². The second kappa shape index (κ2) is 6.02. The summed E-state index contributed by atoms with van der Waals surface area (Å²) < 4.78 is 0. The quantitative estimate of drug-likeness (QED) is 0.738. The maximum Gasteiger partial charge on any atom is 0.323 e. The van der Waals surface area contributed by atoms with Gasteiger partial charge in [-0.3, -0.25) is 4.79 Å². The van der Waals surface area contributed by atoms with Crippen LogP contribution in [0.5, 0.6) is 0 Å². The summed E-state index contributed by atoms with van der Waals surface area (Å²) in [5.74, 6) is -0.682. The Kier molecular flexibility index (Phi) is 5.17. The third-order valence-electron chi connectivity index (χ3n) is 4.12. The summed E-state index contributed by atoms with van der Waals surface area (Å²) in [6.45, 7) is 6.09. The molecule has 1 unspecified atom stereocenters. The summed E-state index contributed by atoms with van der Waals surface area (Å²) in [6.07, 6.45) is 4.59. The summed E-state index contributed by atoms with van der Waals surface area (Å²) in [4.78, 5) is 13.7. The Morgan fingerprint density at radius 1 is 1.22 bits per heavy atom. The van der Waals surface area contributed by atoms with Gasteiger partial charge >= 0.3 is 5.97 Å². The zero-order valence-electron chi connectivity index (χ0n) is 12.3. The summed E-state index contributed by atoms with van der Waals surface area (Å²) >= 11 is 0. The zero-order chi connectivity index (χ0) is 13.8. The number of aliphatic carboxylic acids is 1. The van der Waals surface area contributed by atoms with Crippen molar-refractivity contribution in [3.8, 4) is 0 Å². The topological polar surface area (TPSA) is 52.6 Å². The highest BCUT2D eigenvalue weighted by Gasteiger charge is 2.41. The van der Waals surface area contributed by atoms with Crippen molar-refractivity contribution >= 4 is 5.97 Å². The number of carbonyl (C=O) groups is 1. The van der Waals surface area contributed by atoms with Crippen LogP contribution >= 0.6 is 0 Å². The predicted octanol–water partition coefficient (Wildman–Crippen LogP) is 1.95. The first-order valence-electron chi connectivity index (χ1n) is 6.91. The van der Waals surface area contributed by atoms with Gasteiger partial charge in [0.25, 0.3) is 0 Å². The van der Waals surface area contributed by atoms with Crippen LogP contribution < -0.4 is 5.32 Å². The van der Waals surface area contributed by atoms with Gasteiger partial charge in [-0.2, -0.15) is 0 Å². The van der Waals surface area contributed by atoms with E-state index in [4.69, 9.17) is 0 Å². The minimum absolute atomic E-state index is 0.278. The lowest BCUT2D eigenvalue weighted by molar-refractivity contribution is -0.145. The molecule has 0 aliphatic heterocycles. The number of nitrogens with one attached hydrogen (secondary N) is 1. The molecule has 106 valence electrons. The Morgan fingerprint density at radius 3 is 2.44 bits per heavy atom. The highest BCUT2D eigenvalue weighted by molar-refractivity contribution is 5.78. The van der Waals surface area contributed by atoms with E-state index >= 15 is 0 Å². The molecule has 1 aliphatic carbocycles. The molecule has 1 aliphatic rings. The van der Waals surface area contributed by atoms with E-state index < -0.39 is 11.5 Å². The summed E-state index contributed by atoms with van der Waals surface area (Å²) in [7, 11) is 4.01. The van der Waals surface area contributed by atoms with Crippen molar-refractivity contribution in [2.45, 2.75) is 51.5 Å². The first-order valence-corrected chi connectivity index (χ1v) is 6.91. The van der Waals surface area contributed by atoms with Gasteiger partial charge in [0, 0.05) is 13.1 Å². The lowest BCUT2D eigenvalue weighted by Crippen LogP contribution is -2.53. The van der Waals surface area contributed by atoms with E-state index in [0.717, 1.165) is 45.2 Å². The zero-order valence-corrected chi connectivity index (χ0v) is 12.3. The molecule has 0 saturated heterocycles. The van der Waals surface area contributed by atoms with E-state index in [1.807, 2.05) is 14.1 Å². The molecule has 1 rings (SSSR count). The fraction of sp³-hybridized carbons (Fsp3) is 0.929. The van der Waals surface area contributed by atoms with E-state index in [-0.39, 0.29) is 5.41 Å². The number of hydrogen-bond donors (Lipinski definition) is 2. The molecule has 0 heterocycles. The van der Waals surface area contributed by atoms with Crippen LogP contribution in [0, 0.1) is 5.41 Å². The van der Waals surface area contributed by atoms with Crippen LogP contribution in [0.15, 0.2) is 0 Å². The SMILES string of the molecule is CN(C)CCNC1(C(=O)O)CCCC(C)(C)CC1. The molecule has 1 atom stereocenters. The van der Waals surface area contributed by atoms with Gasteiger partial charge < -0.3 is 15.3 Å². The van der Waals surface area contributed by atoms with Crippen LogP contribution in [0.1, 0.15) is 46.0 Å². The second-order valence-corrected chi connectivity index (χ2v) is 6.64. The van der Waals surface area contributed by atoms with Crippen molar-refractivity contribution in [1.82, 2.24) is 10.2 Å². The van der Waals surface area contributed by atoms with E-state index in [2.05, 4.69) is 24.1 Å². The van der Waals surface area contributed by atoms with E-state index in [1.165, 1.54) is 0 Å². The van der Waals surface area contributed by atoms with Gasteiger partial charge in [0.05, 0.1) is 0 Å². The second-order valence-electron chi connectivity index (χ2n) is 6.64. The molecule has 4 nitrogen and oxygen atoms in total. The van der Waals surface area contributed by atoms with Crippen LogP contribution in [0.4, 0.5) is 0 Å². The molecule has 0 aromatic rings. The number of nitrogens with zero attached hydrogens (tertiary/aromatic N) is 1. The molecular formula is C14H28N2O2. The third kappa shape index (κ3) is 4.25. The number of carboxylic acids is 1. The van der Waals surface area contributed by atoms with Crippen molar-refractivity contribution in [3.05, 3.63) is 0 Å². The standard InChI is InChI=1S/C14H28N2O2/c1-13(2)6-5-7-14(9-8-13,12(17)18)15-10-11-16(3)4/h15H,5-11H2,1-4H3,(H,17,18). The van der Waals surface area contributed by atoms with E-state index in [9.17, 15) is 9.90 Å². The average molecular weight is 256 g/mol. The predicted molar refractivity (Wildman–Crippen MR) is 73.8 cm³/mol. The van der Waals surface area contributed by atoms with Crippen molar-refractivity contribution in [2.75, 3.05) is 27.2 Å². The van der Waals surface area contributed by atoms with Crippen LogP contribution in [0.2, 0.25) is 0 Å². The fourth-order valence-electron chi connectivity index (χ4n) is 2.66. The summed E-state index contributed by atoms with van der Waals surface area (Å²) in [5.41, 5.74) is -0.426. The molecule has 1 fully saturated rings. The van der Waals surface area contributed by atoms with Gasteiger partial charge in [0.15, 0.2) is 0 Å². The maximum absolute atomic E-state index is 11.6. The highest BCUT2D eigenvalue weighted by Crippen LogP contribution is 2.38. The molecule has 4 heteroatoms. The summed E-state index contributed by atoms with van der Waals surface area (Å²) in [6, 6.07) is 0. The van der Waals surface area contributed by atoms with Crippen LogP contribution in [0.3, 0.4) is 0 Å². The van der Waals surface area contributed by atoms with Crippen molar-refractivity contribution in [1.29, 1.82) is 0 Å². The minimum atomic E-state index is -0.705. The minimum Gasteiger partial charge on any atom is -0.480 e. The number of carboxylic acid groups (broad SMARTS) is 1. The van der Waals surface area contributed by atoms with Crippen molar-refractivity contribution < 1.29 is 9.90 Å². The molecule has 0 amide bonds. The molecule has 18 heavy (non-hydrogen) atoms. The Hall–Kier alpha value is -0.610. The first-order chi connectivity index (χ1) is 8.27. The van der Waals surface area contributed by atoms with Gasteiger partial charge in [-0.05, 0) is 45.2 Å². The van der Waals surface area contributed by atoms with Crippen LogP contribution in [-0.2, 0) is 4.79 Å². The van der Waals surface area contributed by atoms with Gasteiger partial charge in [-0.25, -0.2) is 0 Å². The van der Waals surface area contributed by atoms with Gasteiger partial charge in [-0.1, -0.05) is 20.3 Å². The monoisotopic (exact) mass is 256 g/mol. The Morgan fingerprint density at radius 2 is 1.89 bits per heavy atom. The van der Waals surface area contributed by atoms with Gasteiger partial charge in [0.1, 0.15) is 5.54 Å². The van der Waals surface area contributed by atoms with Gasteiger partial charge in [-0.15, -0.1) is 0 Å². The van der Waals surface area contributed by atoms with Crippen LogP contribution in [-0.4, -0.2) is 48.7 Å². The molecule has 0 bridgehead atoms. The Balaban J connectivity index is 2.65. The van der Waals surface area contributed by atoms with E-state index in [0.29, 0.717) is 0 Å². The normalized spacial score (nSPS) is 28.1. The largest absolute Gasteiger partial charge is 0.480 e. The molecule has 0 spiro atoms. The maximum atomic E-state index is 11.6. The molecular weight excluding hydrogens is 228 g/mol. The van der Waals surface area contributed by atoms with Crippen molar-refractivity contribution in [3.63, 3.8) is 0 Å². The molecule has 2 N–H and O–H groups in total. The molecule has 0 aromatic carbocycles. The average Bonchev–Trinajstić information content (AvgIpc) is 2.38. The summed E-state index contributed by atoms with van der Waals surface area (Å²) in [5, 5.41) is 12.9. The Bertz CT molecular complexity index is 290. The highest BCUT2D eigenvalue weighted by atomic mass is 16.4. The van der Waals surface area contributed by atoms with E-state index in [1.54, 1.807) is 0 Å². The lowest BCUT2D eigenvalue weighted by Gasteiger charge is -2.31. The lowest BCUT2D eigenvalue weighted by atomic mass is 9.83. The molecule has 1 saturated carbocycles. The molecule has 0 aromatic heterocycles. The number of rotatable bonds is 5. The van der Waals surface area contributed by atoms with Crippen molar-refractivity contribution in [2.24, 2.45) is 5.41 Å². The number of hydrogen-bond acceptors (Lipinski definition) is 3. The Labute approximate surface area is 111 Å². The molecule has 0 radical (unpaired) electrons. The van der Waals surface area contributed by atoms with Gasteiger partial charge in [0.2, 0.25) is 0 Å². The smallest absolute Gasteiger partial charge is 0.323 e. The fourth-order valence-corrected chi connectivity index (χ4v) is 2.66. The number of likely N-dealkylation sites (N-methyl/N-ethyl adjacent to an activating group) is 1. The third-order valence-corrected chi connectivity index (χ3v) is 4.12. The first kappa shape index (κ1) is 15.4.